The average molecular weight is 280 g/mol. The number of aromatic nitrogens is 1. The minimum atomic E-state index is -1.40. The summed E-state index contributed by atoms with van der Waals surface area (Å²) in [7, 11) is 0. The van der Waals surface area contributed by atoms with E-state index in [9.17, 15) is 14.9 Å². The van der Waals surface area contributed by atoms with Crippen molar-refractivity contribution in [2.24, 2.45) is 0 Å². The van der Waals surface area contributed by atoms with Gasteiger partial charge in [0, 0.05) is 12.3 Å². The highest BCUT2D eigenvalue weighted by atomic mass is 32.1. The van der Waals surface area contributed by atoms with E-state index in [2.05, 4.69) is 4.98 Å². The lowest BCUT2D eigenvalue weighted by Crippen LogP contribution is -2.06. The van der Waals surface area contributed by atoms with E-state index in [1.54, 1.807) is 11.7 Å². The first-order valence-corrected chi connectivity index (χ1v) is 5.98. The molecule has 0 unspecified atom stereocenters. The molecule has 2 aromatic rings. The molecule has 7 nitrogen and oxygen atoms in total. The number of hydrogen-bond donors (Lipinski definition) is 1. The number of nitro benzene ring substituents is 1. The number of carboxylic acid groups (broad SMARTS) is 1. The van der Waals surface area contributed by atoms with Crippen molar-refractivity contribution >= 4 is 23.0 Å². The summed E-state index contributed by atoms with van der Waals surface area (Å²) in [5.74, 6) is -1.43. The van der Waals surface area contributed by atoms with Gasteiger partial charge in [-0.05, 0) is 6.07 Å². The van der Waals surface area contributed by atoms with Gasteiger partial charge in [0.15, 0.2) is 5.56 Å². The molecule has 0 bridgehead atoms. The first kappa shape index (κ1) is 13.0. The van der Waals surface area contributed by atoms with Crippen molar-refractivity contribution < 1.29 is 19.6 Å². The van der Waals surface area contributed by atoms with Crippen LogP contribution in [0, 0.1) is 10.1 Å². The van der Waals surface area contributed by atoms with Gasteiger partial charge in [0.25, 0.3) is 5.69 Å². The zero-order valence-electron chi connectivity index (χ0n) is 9.48. The molecular formula is C11H8N2O5S. The number of rotatable bonds is 5. The van der Waals surface area contributed by atoms with Gasteiger partial charge in [0.1, 0.15) is 12.4 Å². The molecule has 0 radical (unpaired) electrons. The van der Waals surface area contributed by atoms with Crippen molar-refractivity contribution in [1.29, 1.82) is 0 Å². The van der Waals surface area contributed by atoms with Gasteiger partial charge in [-0.15, -0.1) is 11.3 Å². The highest BCUT2D eigenvalue weighted by molar-refractivity contribution is 7.09. The predicted molar refractivity (Wildman–Crippen MR) is 66.5 cm³/mol. The Labute approximate surface area is 111 Å². The molecule has 98 valence electrons. The summed E-state index contributed by atoms with van der Waals surface area (Å²) in [6.45, 7) is 0.117. The standard InChI is InChI=1S/C11H8N2O5S/c14-11(15)10-8(13(16)17)2-1-3-9(10)18-5-7-4-12-6-19-7/h1-4,6H,5H2,(H,14,15). The molecule has 0 aliphatic rings. The summed E-state index contributed by atoms with van der Waals surface area (Å²) in [6.07, 6.45) is 1.59. The summed E-state index contributed by atoms with van der Waals surface area (Å²) in [5, 5.41) is 19.8. The van der Waals surface area contributed by atoms with E-state index >= 15 is 0 Å². The molecule has 0 saturated carbocycles. The van der Waals surface area contributed by atoms with Crippen molar-refractivity contribution in [1.82, 2.24) is 4.98 Å². The van der Waals surface area contributed by atoms with E-state index in [0.717, 1.165) is 10.9 Å². The second-order valence-corrected chi connectivity index (χ2v) is 4.44. The van der Waals surface area contributed by atoms with Gasteiger partial charge in [0.2, 0.25) is 0 Å². The predicted octanol–water partition coefficient (Wildman–Crippen LogP) is 2.33. The van der Waals surface area contributed by atoms with Gasteiger partial charge in [-0.25, -0.2) is 4.79 Å². The normalized spacial score (nSPS) is 10.1. The number of carbonyl (C=O) groups is 1. The quantitative estimate of drug-likeness (QED) is 0.666. The van der Waals surface area contributed by atoms with E-state index in [-0.39, 0.29) is 12.4 Å². The number of ether oxygens (including phenoxy) is 1. The fourth-order valence-electron chi connectivity index (χ4n) is 1.47. The summed E-state index contributed by atoms with van der Waals surface area (Å²) in [4.78, 5) is 25.8. The molecular weight excluding hydrogens is 272 g/mol. The first-order chi connectivity index (χ1) is 9.09. The monoisotopic (exact) mass is 280 g/mol. The maximum Gasteiger partial charge on any atom is 0.346 e. The van der Waals surface area contributed by atoms with Gasteiger partial charge in [0.05, 0.1) is 15.3 Å². The number of hydrogen-bond acceptors (Lipinski definition) is 6. The van der Waals surface area contributed by atoms with Gasteiger partial charge in [-0.3, -0.25) is 15.1 Å². The summed E-state index contributed by atoms with van der Waals surface area (Å²) in [5.41, 5.74) is 0.677. The summed E-state index contributed by atoms with van der Waals surface area (Å²) < 4.78 is 5.32. The lowest BCUT2D eigenvalue weighted by Gasteiger charge is -2.07. The molecule has 1 aromatic carbocycles. The molecule has 8 heteroatoms. The number of carboxylic acids is 1. The molecule has 1 N–H and O–H groups in total. The molecule has 0 spiro atoms. The first-order valence-electron chi connectivity index (χ1n) is 5.10. The molecule has 1 aromatic heterocycles. The third kappa shape index (κ3) is 2.86. The summed E-state index contributed by atoms with van der Waals surface area (Å²) >= 11 is 1.35. The van der Waals surface area contributed by atoms with Gasteiger partial charge in [-0.1, -0.05) is 6.07 Å². The lowest BCUT2D eigenvalue weighted by molar-refractivity contribution is -0.385. The Bertz CT molecular complexity index is 612. The highest BCUT2D eigenvalue weighted by Gasteiger charge is 2.24. The van der Waals surface area contributed by atoms with Crippen LogP contribution in [0.25, 0.3) is 0 Å². The minimum Gasteiger partial charge on any atom is -0.487 e. The van der Waals surface area contributed by atoms with E-state index < -0.39 is 22.1 Å². The van der Waals surface area contributed by atoms with Crippen molar-refractivity contribution in [3.05, 3.63) is 50.5 Å². The Morgan fingerprint density at radius 2 is 2.32 bits per heavy atom. The number of nitrogens with zero attached hydrogens (tertiary/aromatic N) is 2. The van der Waals surface area contributed by atoms with Gasteiger partial charge >= 0.3 is 5.97 Å². The number of benzene rings is 1. The molecule has 19 heavy (non-hydrogen) atoms. The van der Waals surface area contributed by atoms with Crippen molar-refractivity contribution in [2.75, 3.05) is 0 Å². The van der Waals surface area contributed by atoms with Crippen molar-refractivity contribution in [3.8, 4) is 5.75 Å². The van der Waals surface area contributed by atoms with Crippen molar-refractivity contribution in [3.63, 3.8) is 0 Å². The Morgan fingerprint density at radius 3 is 2.89 bits per heavy atom. The number of nitro groups is 1. The number of thiazole rings is 1. The van der Waals surface area contributed by atoms with Crippen LogP contribution < -0.4 is 4.74 Å². The fourth-order valence-corrected chi connectivity index (χ4v) is 1.98. The molecule has 0 atom stereocenters. The lowest BCUT2D eigenvalue weighted by atomic mass is 10.1. The third-order valence-electron chi connectivity index (χ3n) is 2.27. The molecule has 0 fully saturated rings. The second-order valence-electron chi connectivity index (χ2n) is 3.47. The zero-order chi connectivity index (χ0) is 13.8. The van der Waals surface area contributed by atoms with Gasteiger partial charge < -0.3 is 9.84 Å². The highest BCUT2D eigenvalue weighted by Crippen LogP contribution is 2.29. The second kappa shape index (κ2) is 5.44. The zero-order valence-corrected chi connectivity index (χ0v) is 10.3. The van der Waals surface area contributed by atoms with Crippen LogP contribution in [0.15, 0.2) is 29.9 Å². The average Bonchev–Trinajstić information content (AvgIpc) is 2.88. The van der Waals surface area contributed by atoms with E-state index in [4.69, 9.17) is 9.84 Å². The van der Waals surface area contributed by atoms with E-state index in [1.807, 2.05) is 0 Å². The summed E-state index contributed by atoms with van der Waals surface area (Å²) in [6, 6.07) is 3.90. The maximum atomic E-state index is 11.1. The Balaban J connectivity index is 2.31. The molecule has 1 heterocycles. The maximum absolute atomic E-state index is 11.1. The van der Waals surface area contributed by atoms with Crippen LogP contribution in [0.2, 0.25) is 0 Å². The largest absolute Gasteiger partial charge is 0.487 e. The Morgan fingerprint density at radius 1 is 1.53 bits per heavy atom. The molecule has 2 rings (SSSR count). The Kier molecular flexibility index (Phi) is 3.71. The minimum absolute atomic E-state index is 0.0323. The van der Waals surface area contributed by atoms with Crippen molar-refractivity contribution in [2.45, 2.75) is 6.61 Å². The third-order valence-corrected chi connectivity index (χ3v) is 3.02. The Hall–Kier alpha value is -2.48. The van der Waals surface area contributed by atoms with Crippen LogP contribution in [0.5, 0.6) is 5.75 Å². The van der Waals surface area contributed by atoms with Crippen LogP contribution in [-0.4, -0.2) is 21.0 Å². The van der Waals surface area contributed by atoms with Gasteiger partial charge in [-0.2, -0.15) is 0 Å². The topological polar surface area (TPSA) is 103 Å². The van der Waals surface area contributed by atoms with Crippen LogP contribution >= 0.6 is 11.3 Å². The molecule has 0 aliphatic heterocycles. The van der Waals surface area contributed by atoms with E-state index in [1.165, 1.54) is 23.5 Å². The number of aromatic carboxylic acids is 1. The molecule has 0 amide bonds. The van der Waals surface area contributed by atoms with Crippen LogP contribution in [-0.2, 0) is 6.61 Å². The fraction of sp³-hybridized carbons (Fsp3) is 0.0909. The SMILES string of the molecule is O=C(O)c1c(OCc2cncs2)cccc1[N+](=O)[O-]. The van der Waals surface area contributed by atoms with Crippen LogP contribution in [0.3, 0.4) is 0 Å². The van der Waals surface area contributed by atoms with E-state index in [0.29, 0.717) is 0 Å². The van der Waals surface area contributed by atoms with Crippen LogP contribution in [0.1, 0.15) is 15.2 Å². The molecule has 0 saturated heterocycles. The smallest absolute Gasteiger partial charge is 0.346 e. The van der Waals surface area contributed by atoms with Crippen LogP contribution in [0.4, 0.5) is 5.69 Å². The molecule has 0 aliphatic carbocycles.